The van der Waals surface area contributed by atoms with Crippen molar-refractivity contribution in [2.45, 2.75) is 32.9 Å². The molecule has 9 heteroatoms. The Hall–Kier alpha value is -1.13. The van der Waals surface area contributed by atoms with Crippen LogP contribution in [0.15, 0.2) is 23.3 Å². The molecule has 0 amide bonds. The summed E-state index contributed by atoms with van der Waals surface area (Å²) < 4.78 is 0. The molecule has 0 aliphatic carbocycles. The highest BCUT2D eigenvalue weighted by Gasteiger charge is 2.25. The monoisotopic (exact) mass is 506 g/mol. The van der Waals surface area contributed by atoms with E-state index in [2.05, 4.69) is 37.4 Å². The fourth-order valence-electron chi connectivity index (χ4n) is 2.84. The van der Waals surface area contributed by atoms with Crippen molar-refractivity contribution < 1.29 is 0 Å². The number of aromatic nitrogens is 2. The summed E-state index contributed by atoms with van der Waals surface area (Å²) in [5, 5.41) is 8.60. The number of hydrogen-bond acceptors (Lipinski definition) is 5. The zero-order valence-electron chi connectivity index (χ0n) is 15.1. The van der Waals surface area contributed by atoms with Crippen molar-refractivity contribution in [3.8, 4) is 0 Å². The summed E-state index contributed by atoms with van der Waals surface area (Å²) in [6, 6.07) is 4.04. The molecule has 2 N–H and O–H groups in total. The van der Waals surface area contributed by atoms with Gasteiger partial charge < -0.3 is 15.5 Å². The molecule has 1 saturated heterocycles. The van der Waals surface area contributed by atoms with Crippen molar-refractivity contribution >= 4 is 58.7 Å². The second-order valence-corrected chi connectivity index (χ2v) is 7.75. The number of nitrogens with zero attached hydrogens (tertiary/aromatic N) is 4. The van der Waals surface area contributed by atoms with Crippen molar-refractivity contribution in [2.24, 2.45) is 4.99 Å². The first-order valence-electron chi connectivity index (χ1n) is 8.32. The summed E-state index contributed by atoms with van der Waals surface area (Å²) >= 11 is 7.97. The smallest absolute Gasteiger partial charge is 0.191 e. The highest BCUT2D eigenvalue weighted by molar-refractivity contribution is 14.0. The molecule has 0 radical (unpaired) electrons. The van der Waals surface area contributed by atoms with E-state index >= 15 is 0 Å². The SMILES string of the molecule is CN=C(NCc1nc(C)c(C)s1)NC1CCN(c2ncccc2Cl)C1.I. The van der Waals surface area contributed by atoms with E-state index in [9.17, 15) is 0 Å². The quantitative estimate of drug-likeness (QED) is 0.378. The van der Waals surface area contributed by atoms with Gasteiger partial charge in [-0.05, 0) is 32.4 Å². The van der Waals surface area contributed by atoms with Crippen molar-refractivity contribution in [1.82, 2.24) is 20.6 Å². The fraction of sp³-hybridized carbons (Fsp3) is 0.471. The van der Waals surface area contributed by atoms with Gasteiger partial charge in [-0.3, -0.25) is 4.99 Å². The standard InChI is InChI=1S/C17H23ClN6S.HI/c1-11-12(2)25-15(22-11)9-21-17(19-3)23-13-6-8-24(10-13)16-14(18)5-4-7-20-16;/h4-5,7,13H,6,8-10H2,1-3H3,(H2,19,21,23);1H. The van der Waals surface area contributed by atoms with Crippen LogP contribution in [0.1, 0.15) is 22.0 Å². The van der Waals surface area contributed by atoms with E-state index in [-0.39, 0.29) is 24.0 Å². The van der Waals surface area contributed by atoms with Gasteiger partial charge in [0.2, 0.25) is 0 Å². The fourth-order valence-corrected chi connectivity index (χ4v) is 3.96. The Morgan fingerprint density at radius 1 is 1.46 bits per heavy atom. The van der Waals surface area contributed by atoms with Gasteiger partial charge in [0.1, 0.15) is 10.8 Å². The number of nitrogens with one attached hydrogen (secondary N) is 2. The summed E-state index contributed by atoms with van der Waals surface area (Å²) in [4.78, 5) is 16.7. The molecule has 1 unspecified atom stereocenters. The van der Waals surface area contributed by atoms with Crippen LogP contribution in [0.25, 0.3) is 0 Å². The van der Waals surface area contributed by atoms with E-state index in [0.29, 0.717) is 17.6 Å². The number of halogens is 2. The number of aliphatic imine (C=N–C) groups is 1. The molecule has 3 heterocycles. The van der Waals surface area contributed by atoms with Crippen LogP contribution in [0, 0.1) is 13.8 Å². The number of guanidine groups is 1. The Labute approximate surface area is 180 Å². The summed E-state index contributed by atoms with van der Waals surface area (Å²) in [6.45, 7) is 6.60. The summed E-state index contributed by atoms with van der Waals surface area (Å²) in [7, 11) is 1.79. The second kappa shape index (κ2) is 9.70. The first-order chi connectivity index (χ1) is 12.1. The lowest BCUT2D eigenvalue weighted by Crippen LogP contribution is -2.44. The van der Waals surface area contributed by atoms with Gasteiger partial charge in [0.25, 0.3) is 0 Å². The first kappa shape index (κ1) is 21.2. The Kier molecular flexibility index (Phi) is 7.90. The van der Waals surface area contributed by atoms with E-state index in [4.69, 9.17) is 11.6 Å². The average molecular weight is 507 g/mol. The van der Waals surface area contributed by atoms with E-state index in [0.717, 1.165) is 42.0 Å². The Morgan fingerprint density at radius 2 is 2.27 bits per heavy atom. The number of anilines is 1. The van der Waals surface area contributed by atoms with Crippen LogP contribution >= 0.6 is 46.9 Å². The van der Waals surface area contributed by atoms with Crippen molar-refractivity contribution in [1.29, 1.82) is 0 Å². The molecule has 1 fully saturated rings. The van der Waals surface area contributed by atoms with Gasteiger partial charge in [-0.15, -0.1) is 35.3 Å². The second-order valence-electron chi connectivity index (χ2n) is 6.06. The van der Waals surface area contributed by atoms with Gasteiger partial charge in [0.15, 0.2) is 5.96 Å². The lowest BCUT2D eigenvalue weighted by Gasteiger charge is -2.20. The molecule has 1 aliphatic heterocycles. The van der Waals surface area contributed by atoms with Gasteiger partial charge >= 0.3 is 0 Å². The zero-order chi connectivity index (χ0) is 17.8. The number of hydrogen-bond donors (Lipinski definition) is 2. The number of rotatable bonds is 4. The minimum absolute atomic E-state index is 0. The van der Waals surface area contributed by atoms with Gasteiger partial charge in [0.05, 0.1) is 17.3 Å². The first-order valence-corrected chi connectivity index (χ1v) is 9.52. The van der Waals surface area contributed by atoms with Gasteiger partial charge in [0, 0.05) is 37.3 Å². The third-order valence-corrected chi connectivity index (χ3v) is 5.64. The van der Waals surface area contributed by atoms with Crippen LogP contribution in [0.2, 0.25) is 5.02 Å². The maximum Gasteiger partial charge on any atom is 0.191 e. The zero-order valence-corrected chi connectivity index (χ0v) is 19.0. The third-order valence-electron chi connectivity index (χ3n) is 4.27. The molecular formula is C17H24ClIN6S. The number of aryl methyl sites for hydroxylation is 2. The predicted molar refractivity (Wildman–Crippen MR) is 120 cm³/mol. The summed E-state index contributed by atoms with van der Waals surface area (Å²) in [6.07, 6.45) is 2.80. The topological polar surface area (TPSA) is 65.4 Å². The largest absolute Gasteiger partial charge is 0.353 e. The van der Waals surface area contributed by atoms with Gasteiger partial charge in [-0.2, -0.15) is 0 Å². The minimum Gasteiger partial charge on any atom is -0.353 e. The number of pyridine rings is 1. The van der Waals surface area contributed by atoms with Crippen molar-refractivity contribution in [3.05, 3.63) is 38.9 Å². The minimum atomic E-state index is 0. The van der Waals surface area contributed by atoms with E-state index in [1.807, 2.05) is 19.1 Å². The predicted octanol–water partition coefficient (Wildman–Crippen LogP) is 3.37. The normalized spacial score (nSPS) is 17.2. The molecule has 2 aromatic rings. The lowest BCUT2D eigenvalue weighted by molar-refractivity contribution is 0.648. The highest BCUT2D eigenvalue weighted by atomic mass is 127. The van der Waals surface area contributed by atoms with Crippen LogP contribution in [0.3, 0.4) is 0 Å². The van der Waals surface area contributed by atoms with Crippen LogP contribution in [0.5, 0.6) is 0 Å². The van der Waals surface area contributed by atoms with E-state index < -0.39 is 0 Å². The van der Waals surface area contributed by atoms with E-state index in [1.165, 1.54) is 4.88 Å². The average Bonchev–Trinajstić information content (AvgIpc) is 3.19. The highest BCUT2D eigenvalue weighted by Crippen LogP contribution is 2.25. The molecule has 1 aliphatic rings. The molecule has 6 nitrogen and oxygen atoms in total. The third kappa shape index (κ3) is 5.20. The lowest BCUT2D eigenvalue weighted by atomic mass is 10.3. The molecular weight excluding hydrogens is 483 g/mol. The molecule has 1 atom stereocenters. The molecule has 3 rings (SSSR count). The molecule has 0 aromatic carbocycles. The van der Waals surface area contributed by atoms with Crippen molar-refractivity contribution in [2.75, 3.05) is 25.0 Å². The van der Waals surface area contributed by atoms with Crippen LogP contribution in [-0.4, -0.2) is 42.1 Å². The summed E-state index contributed by atoms with van der Waals surface area (Å²) in [5.74, 6) is 1.65. The van der Waals surface area contributed by atoms with Crippen LogP contribution in [0.4, 0.5) is 5.82 Å². The molecule has 0 saturated carbocycles. The van der Waals surface area contributed by atoms with Crippen LogP contribution in [-0.2, 0) is 6.54 Å². The Morgan fingerprint density at radius 3 is 2.92 bits per heavy atom. The maximum atomic E-state index is 6.25. The summed E-state index contributed by atoms with van der Waals surface area (Å²) in [5.41, 5.74) is 1.10. The van der Waals surface area contributed by atoms with Crippen molar-refractivity contribution in [3.63, 3.8) is 0 Å². The van der Waals surface area contributed by atoms with Gasteiger partial charge in [-0.1, -0.05) is 11.6 Å². The molecule has 0 spiro atoms. The van der Waals surface area contributed by atoms with E-state index in [1.54, 1.807) is 24.6 Å². The Bertz CT molecular complexity index is 746. The molecule has 2 aromatic heterocycles. The molecule has 0 bridgehead atoms. The molecule has 26 heavy (non-hydrogen) atoms. The number of thiazole rings is 1. The Balaban J connectivity index is 0.00000243. The van der Waals surface area contributed by atoms with Crippen LogP contribution < -0.4 is 15.5 Å². The van der Waals surface area contributed by atoms with Gasteiger partial charge in [-0.25, -0.2) is 9.97 Å². The molecule has 142 valence electrons. The maximum absolute atomic E-state index is 6.25.